The van der Waals surface area contributed by atoms with Crippen LogP contribution in [0.25, 0.3) is 0 Å². The molecule has 0 atom stereocenters. The van der Waals surface area contributed by atoms with Gasteiger partial charge in [-0.2, -0.15) is 0 Å². The Bertz CT molecular complexity index is 654. The van der Waals surface area contributed by atoms with Crippen LogP contribution >= 0.6 is 12.2 Å². The topological polar surface area (TPSA) is 64.3 Å². The van der Waals surface area contributed by atoms with Gasteiger partial charge >= 0.3 is 0 Å². The minimum Gasteiger partial charge on any atom is -0.495 e. The van der Waals surface area contributed by atoms with E-state index in [4.69, 9.17) is 22.7 Å². The Balaban J connectivity index is 2.03. The number of methoxy groups -OCH3 is 1. The molecule has 2 aromatic carbocycles. The molecule has 0 fully saturated rings. The third-order valence-corrected chi connectivity index (χ3v) is 3.22. The Kier molecular flexibility index (Phi) is 4.90. The van der Waals surface area contributed by atoms with Crippen LogP contribution in [0.5, 0.6) is 5.75 Å². The molecule has 0 heterocycles. The van der Waals surface area contributed by atoms with E-state index in [9.17, 15) is 4.79 Å². The maximum atomic E-state index is 12.1. The zero-order valence-electron chi connectivity index (χ0n) is 11.6. The second-order valence-electron chi connectivity index (χ2n) is 4.49. The first kappa shape index (κ1) is 15.0. The van der Waals surface area contributed by atoms with Crippen LogP contribution in [0.1, 0.15) is 11.1 Å². The summed E-state index contributed by atoms with van der Waals surface area (Å²) in [7, 11) is 1.57. The molecular weight excluding hydrogens is 284 g/mol. The van der Waals surface area contributed by atoms with Crippen molar-refractivity contribution < 1.29 is 9.53 Å². The van der Waals surface area contributed by atoms with Gasteiger partial charge in [0.15, 0.2) is 0 Å². The molecule has 0 unspecified atom stereocenters. The third kappa shape index (κ3) is 4.03. The van der Waals surface area contributed by atoms with Gasteiger partial charge in [0.2, 0.25) is 5.91 Å². The second-order valence-corrected chi connectivity index (χ2v) is 4.93. The quantitative estimate of drug-likeness (QED) is 0.833. The van der Waals surface area contributed by atoms with Gasteiger partial charge in [0, 0.05) is 5.56 Å². The lowest BCUT2D eigenvalue weighted by atomic mass is 10.1. The number of thiocarbonyl (C=S) groups is 1. The van der Waals surface area contributed by atoms with Gasteiger partial charge < -0.3 is 15.8 Å². The van der Waals surface area contributed by atoms with Gasteiger partial charge in [-0.25, -0.2) is 0 Å². The maximum Gasteiger partial charge on any atom is 0.228 e. The molecule has 2 aromatic rings. The number of para-hydroxylation sites is 2. The first-order valence-corrected chi connectivity index (χ1v) is 6.82. The molecule has 0 aliphatic heterocycles. The largest absolute Gasteiger partial charge is 0.495 e. The highest BCUT2D eigenvalue weighted by atomic mass is 32.1. The Labute approximate surface area is 128 Å². The highest BCUT2D eigenvalue weighted by Gasteiger charge is 2.08. The van der Waals surface area contributed by atoms with Crippen LogP contribution in [-0.4, -0.2) is 18.0 Å². The predicted molar refractivity (Wildman–Crippen MR) is 87.7 cm³/mol. The normalized spacial score (nSPS) is 9.95. The van der Waals surface area contributed by atoms with E-state index < -0.39 is 0 Å². The number of carbonyl (C=O) groups is 1. The number of ether oxygens (including phenoxy) is 1. The van der Waals surface area contributed by atoms with Crippen LogP contribution in [0.15, 0.2) is 48.5 Å². The zero-order chi connectivity index (χ0) is 15.2. The van der Waals surface area contributed by atoms with E-state index in [0.717, 1.165) is 11.1 Å². The van der Waals surface area contributed by atoms with Crippen LogP contribution in [0.3, 0.4) is 0 Å². The van der Waals surface area contributed by atoms with Gasteiger partial charge in [-0.15, -0.1) is 0 Å². The number of amides is 1. The molecule has 1 amide bonds. The number of carbonyl (C=O) groups excluding carboxylic acids is 1. The highest BCUT2D eigenvalue weighted by molar-refractivity contribution is 7.80. The van der Waals surface area contributed by atoms with Crippen molar-refractivity contribution >= 4 is 28.8 Å². The maximum absolute atomic E-state index is 12.1. The fraction of sp³-hybridized carbons (Fsp3) is 0.125. The van der Waals surface area contributed by atoms with Crippen molar-refractivity contribution in [3.63, 3.8) is 0 Å². The van der Waals surface area contributed by atoms with Gasteiger partial charge in [-0.05, 0) is 17.7 Å². The number of hydrogen-bond acceptors (Lipinski definition) is 3. The Morgan fingerprint density at radius 1 is 1.19 bits per heavy atom. The molecule has 5 heteroatoms. The van der Waals surface area contributed by atoms with Crippen molar-refractivity contribution in [3.05, 3.63) is 59.7 Å². The van der Waals surface area contributed by atoms with E-state index in [1.807, 2.05) is 36.4 Å². The summed E-state index contributed by atoms with van der Waals surface area (Å²) in [6.45, 7) is 0. The Morgan fingerprint density at radius 2 is 1.86 bits per heavy atom. The minimum atomic E-state index is -0.109. The average molecular weight is 300 g/mol. The SMILES string of the molecule is COc1ccccc1NC(=O)Cc1ccc(C(N)=S)cc1. The number of anilines is 1. The van der Waals surface area contributed by atoms with E-state index in [0.29, 0.717) is 16.4 Å². The molecule has 0 radical (unpaired) electrons. The molecule has 0 bridgehead atoms. The molecule has 0 aromatic heterocycles. The van der Waals surface area contributed by atoms with Crippen molar-refractivity contribution in [3.8, 4) is 5.75 Å². The van der Waals surface area contributed by atoms with Crippen LogP contribution in [0.4, 0.5) is 5.69 Å². The van der Waals surface area contributed by atoms with Gasteiger partial charge in [0.1, 0.15) is 10.7 Å². The van der Waals surface area contributed by atoms with Crippen molar-refractivity contribution in [1.82, 2.24) is 0 Å². The summed E-state index contributed by atoms with van der Waals surface area (Å²) in [4.78, 5) is 12.4. The monoisotopic (exact) mass is 300 g/mol. The van der Waals surface area contributed by atoms with Crippen molar-refractivity contribution in [2.24, 2.45) is 5.73 Å². The average Bonchev–Trinajstić information content (AvgIpc) is 2.48. The van der Waals surface area contributed by atoms with Crippen LogP contribution in [0.2, 0.25) is 0 Å². The van der Waals surface area contributed by atoms with Gasteiger partial charge in [0.05, 0.1) is 19.2 Å². The molecule has 4 nitrogen and oxygen atoms in total. The fourth-order valence-corrected chi connectivity index (χ4v) is 2.05. The van der Waals surface area contributed by atoms with Crippen molar-refractivity contribution in [1.29, 1.82) is 0 Å². The first-order chi connectivity index (χ1) is 10.1. The van der Waals surface area contributed by atoms with Crippen molar-refractivity contribution in [2.75, 3.05) is 12.4 Å². The first-order valence-electron chi connectivity index (χ1n) is 6.42. The number of rotatable bonds is 5. The summed E-state index contributed by atoms with van der Waals surface area (Å²) in [5.41, 5.74) is 7.88. The van der Waals surface area contributed by atoms with Crippen LogP contribution < -0.4 is 15.8 Å². The fourth-order valence-electron chi connectivity index (χ4n) is 1.91. The molecule has 0 saturated carbocycles. The number of nitrogens with two attached hydrogens (primary N) is 1. The molecule has 0 saturated heterocycles. The number of hydrogen-bond donors (Lipinski definition) is 2. The molecule has 2 rings (SSSR count). The summed E-state index contributed by atoms with van der Waals surface area (Å²) >= 11 is 4.89. The summed E-state index contributed by atoms with van der Waals surface area (Å²) in [5, 5.41) is 2.83. The van der Waals surface area contributed by atoms with Crippen LogP contribution in [-0.2, 0) is 11.2 Å². The van der Waals surface area contributed by atoms with Crippen molar-refractivity contribution in [2.45, 2.75) is 6.42 Å². The van der Waals surface area contributed by atoms with Crippen LogP contribution in [0, 0.1) is 0 Å². The second kappa shape index (κ2) is 6.85. The van der Waals surface area contributed by atoms with E-state index >= 15 is 0 Å². The van der Waals surface area contributed by atoms with E-state index in [1.54, 1.807) is 19.2 Å². The van der Waals surface area contributed by atoms with Gasteiger partial charge in [-0.1, -0.05) is 48.6 Å². The number of nitrogens with one attached hydrogen (secondary N) is 1. The molecule has 0 aliphatic carbocycles. The van der Waals surface area contributed by atoms with E-state index in [1.165, 1.54) is 0 Å². The summed E-state index contributed by atoms with van der Waals surface area (Å²) in [5.74, 6) is 0.525. The van der Waals surface area contributed by atoms with E-state index in [2.05, 4.69) is 5.32 Å². The number of benzene rings is 2. The molecule has 108 valence electrons. The van der Waals surface area contributed by atoms with Gasteiger partial charge in [-0.3, -0.25) is 4.79 Å². The zero-order valence-corrected chi connectivity index (χ0v) is 12.4. The lowest BCUT2D eigenvalue weighted by Gasteiger charge is -2.10. The molecule has 21 heavy (non-hydrogen) atoms. The summed E-state index contributed by atoms with van der Waals surface area (Å²) < 4.78 is 5.20. The molecule has 0 spiro atoms. The Hall–Kier alpha value is -2.40. The molecule has 0 aliphatic rings. The van der Waals surface area contributed by atoms with E-state index in [-0.39, 0.29) is 12.3 Å². The molecule has 3 N–H and O–H groups in total. The Morgan fingerprint density at radius 3 is 2.48 bits per heavy atom. The lowest BCUT2D eigenvalue weighted by molar-refractivity contribution is -0.115. The third-order valence-electron chi connectivity index (χ3n) is 2.98. The summed E-state index contributed by atoms with van der Waals surface area (Å²) in [6.07, 6.45) is 0.273. The summed E-state index contributed by atoms with van der Waals surface area (Å²) in [6, 6.07) is 14.6. The standard InChI is InChI=1S/C16H16N2O2S/c1-20-14-5-3-2-4-13(14)18-15(19)10-11-6-8-12(9-7-11)16(17)21/h2-9H,10H2,1H3,(H2,17,21)(H,18,19). The minimum absolute atomic E-state index is 0.109. The lowest BCUT2D eigenvalue weighted by Crippen LogP contribution is -2.15. The highest BCUT2D eigenvalue weighted by Crippen LogP contribution is 2.23. The van der Waals surface area contributed by atoms with Gasteiger partial charge in [0.25, 0.3) is 0 Å². The predicted octanol–water partition coefficient (Wildman–Crippen LogP) is 2.51. The molecular formula is C16H16N2O2S. The smallest absolute Gasteiger partial charge is 0.228 e.